The number of Topliss-reactive ketones (excluding diaryl/α,β-unsaturated/α-hetero) is 1. The Kier molecular flexibility index (Phi) is 2.69. The van der Waals surface area contributed by atoms with Gasteiger partial charge in [-0.15, -0.1) is 0 Å². The van der Waals surface area contributed by atoms with Crippen molar-refractivity contribution >= 4 is 16.8 Å². The smallest absolute Gasteiger partial charge is 0.161 e. The van der Waals surface area contributed by atoms with Crippen molar-refractivity contribution < 1.29 is 4.79 Å². The summed E-state index contributed by atoms with van der Waals surface area (Å²) in [6.07, 6.45) is 1.60. The largest absolute Gasteiger partial charge is 0.294 e. The maximum Gasteiger partial charge on any atom is 0.161 e. The summed E-state index contributed by atoms with van der Waals surface area (Å²) in [4.78, 5) is 20.0. The van der Waals surface area contributed by atoms with Gasteiger partial charge >= 0.3 is 0 Å². The highest BCUT2D eigenvalue weighted by atomic mass is 16.1. The van der Waals surface area contributed by atoms with Gasteiger partial charge in [-0.2, -0.15) is 0 Å². The summed E-state index contributed by atoms with van der Waals surface area (Å²) in [5.74, 6) is 0.400. The van der Waals surface area contributed by atoms with E-state index >= 15 is 0 Å². The van der Waals surface area contributed by atoms with Crippen molar-refractivity contribution in [2.75, 3.05) is 0 Å². The highest BCUT2D eigenvalue weighted by Gasteiger charge is 2.06. The molecule has 0 spiro atoms. The van der Waals surface area contributed by atoms with Gasteiger partial charge in [-0.3, -0.25) is 14.8 Å². The Morgan fingerprint density at radius 3 is 2.62 bits per heavy atom. The van der Waals surface area contributed by atoms with E-state index in [2.05, 4.69) is 23.8 Å². The zero-order valence-electron chi connectivity index (χ0n) is 9.69. The standard InChI is InChI=1S/C13H14N2O/c1-8(2)11-4-5-12-13(15-11)6-10(7-14-12)9(3)16/h4-8H,1-3H3. The van der Waals surface area contributed by atoms with Gasteiger partial charge in [0, 0.05) is 17.5 Å². The molecule has 3 heteroatoms. The Morgan fingerprint density at radius 1 is 1.25 bits per heavy atom. The van der Waals surface area contributed by atoms with Crippen molar-refractivity contribution in [1.82, 2.24) is 9.97 Å². The number of aromatic nitrogens is 2. The number of ketones is 1. The molecule has 0 aliphatic rings. The van der Waals surface area contributed by atoms with E-state index in [1.54, 1.807) is 12.3 Å². The zero-order chi connectivity index (χ0) is 11.7. The molecule has 0 aliphatic carbocycles. The van der Waals surface area contributed by atoms with Gasteiger partial charge in [-0.05, 0) is 31.0 Å². The Labute approximate surface area is 94.5 Å². The normalized spacial score (nSPS) is 11.0. The first kappa shape index (κ1) is 10.7. The number of fused-ring (bicyclic) bond motifs is 1. The van der Waals surface area contributed by atoms with Crippen molar-refractivity contribution in [3.8, 4) is 0 Å². The van der Waals surface area contributed by atoms with Gasteiger partial charge in [0.2, 0.25) is 0 Å². The molecule has 0 N–H and O–H groups in total. The minimum atomic E-state index is 0.0196. The highest BCUT2D eigenvalue weighted by molar-refractivity contribution is 5.96. The SMILES string of the molecule is CC(=O)c1cnc2ccc(C(C)C)nc2c1. The second-order valence-electron chi connectivity index (χ2n) is 4.21. The fraction of sp³-hybridized carbons (Fsp3) is 0.308. The molecule has 2 aromatic heterocycles. The first-order valence-electron chi connectivity index (χ1n) is 5.35. The Morgan fingerprint density at radius 2 is 2.00 bits per heavy atom. The van der Waals surface area contributed by atoms with E-state index in [1.807, 2.05) is 12.1 Å². The van der Waals surface area contributed by atoms with E-state index in [4.69, 9.17) is 0 Å². The molecule has 0 amide bonds. The molecule has 82 valence electrons. The quantitative estimate of drug-likeness (QED) is 0.722. The third-order valence-electron chi connectivity index (χ3n) is 2.56. The molecule has 0 atom stereocenters. The molecular formula is C13H14N2O. The number of nitrogens with zero attached hydrogens (tertiary/aromatic N) is 2. The fourth-order valence-electron chi connectivity index (χ4n) is 1.54. The van der Waals surface area contributed by atoms with Crippen LogP contribution >= 0.6 is 0 Å². The van der Waals surface area contributed by atoms with Gasteiger partial charge in [-0.25, -0.2) is 0 Å². The Balaban J connectivity index is 2.61. The summed E-state index contributed by atoms with van der Waals surface area (Å²) >= 11 is 0. The summed E-state index contributed by atoms with van der Waals surface area (Å²) < 4.78 is 0. The number of pyridine rings is 2. The van der Waals surface area contributed by atoms with Crippen LogP contribution in [0.3, 0.4) is 0 Å². The minimum absolute atomic E-state index is 0.0196. The molecular weight excluding hydrogens is 200 g/mol. The molecule has 2 aromatic rings. The van der Waals surface area contributed by atoms with Gasteiger partial charge in [-0.1, -0.05) is 13.8 Å². The summed E-state index contributed by atoms with van der Waals surface area (Å²) in [5, 5.41) is 0. The third-order valence-corrected chi connectivity index (χ3v) is 2.56. The van der Waals surface area contributed by atoms with E-state index < -0.39 is 0 Å². The molecule has 0 bridgehead atoms. The second kappa shape index (κ2) is 4.00. The molecule has 2 heterocycles. The van der Waals surface area contributed by atoms with Crippen molar-refractivity contribution in [1.29, 1.82) is 0 Å². The highest BCUT2D eigenvalue weighted by Crippen LogP contribution is 2.17. The lowest BCUT2D eigenvalue weighted by Crippen LogP contribution is -1.97. The predicted octanol–water partition coefficient (Wildman–Crippen LogP) is 2.96. The number of carbonyl (C=O) groups excluding carboxylic acids is 1. The molecule has 0 aromatic carbocycles. The predicted molar refractivity (Wildman–Crippen MR) is 63.6 cm³/mol. The zero-order valence-corrected chi connectivity index (χ0v) is 9.69. The van der Waals surface area contributed by atoms with Gasteiger partial charge in [0.15, 0.2) is 5.78 Å². The van der Waals surface area contributed by atoms with Crippen LogP contribution in [-0.4, -0.2) is 15.8 Å². The first-order valence-corrected chi connectivity index (χ1v) is 5.35. The number of hydrogen-bond donors (Lipinski definition) is 0. The lowest BCUT2D eigenvalue weighted by atomic mass is 10.1. The van der Waals surface area contributed by atoms with Gasteiger partial charge in [0.05, 0.1) is 11.0 Å². The van der Waals surface area contributed by atoms with Gasteiger partial charge in [0.25, 0.3) is 0 Å². The lowest BCUT2D eigenvalue weighted by molar-refractivity contribution is 0.101. The Bertz CT molecular complexity index is 547. The van der Waals surface area contributed by atoms with E-state index in [0.717, 1.165) is 16.7 Å². The number of hydrogen-bond acceptors (Lipinski definition) is 3. The van der Waals surface area contributed by atoms with E-state index in [0.29, 0.717) is 11.5 Å². The summed E-state index contributed by atoms with van der Waals surface area (Å²) in [7, 11) is 0. The molecule has 2 rings (SSSR count). The van der Waals surface area contributed by atoms with Crippen molar-refractivity contribution in [3.63, 3.8) is 0 Å². The molecule has 0 saturated heterocycles. The minimum Gasteiger partial charge on any atom is -0.294 e. The third kappa shape index (κ3) is 1.94. The molecule has 0 unspecified atom stereocenters. The topological polar surface area (TPSA) is 42.9 Å². The van der Waals surface area contributed by atoms with Crippen LogP contribution in [-0.2, 0) is 0 Å². The van der Waals surface area contributed by atoms with Crippen LogP contribution in [0.25, 0.3) is 11.0 Å². The second-order valence-corrected chi connectivity index (χ2v) is 4.21. The summed E-state index contributed by atoms with van der Waals surface area (Å²) in [6.45, 7) is 5.72. The maximum absolute atomic E-state index is 11.2. The molecule has 0 aliphatic heterocycles. The molecule has 16 heavy (non-hydrogen) atoms. The summed E-state index contributed by atoms with van der Waals surface area (Å²) in [6, 6.07) is 5.73. The van der Waals surface area contributed by atoms with Crippen LogP contribution in [0.1, 0.15) is 42.7 Å². The monoisotopic (exact) mass is 214 g/mol. The van der Waals surface area contributed by atoms with Crippen molar-refractivity contribution in [3.05, 3.63) is 35.7 Å². The van der Waals surface area contributed by atoms with Crippen molar-refractivity contribution in [2.45, 2.75) is 26.7 Å². The van der Waals surface area contributed by atoms with Gasteiger partial charge in [0.1, 0.15) is 0 Å². The maximum atomic E-state index is 11.2. The fourth-order valence-corrected chi connectivity index (χ4v) is 1.54. The van der Waals surface area contributed by atoms with Gasteiger partial charge < -0.3 is 0 Å². The van der Waals surface area contributed by atoms with Crippen LogP contribution in [0.15, 0.2) is 24.4 Å². The van der Waals surface area contributed by atoms with E-state index in [-0.39, 0.29) is 5.78 Å². The van der Waals surface area contributed by atoms with E-state index in [9.17, 15) is 4.79 Å². The van der Waals surface area contributed by atoms with Crippen LogP contribution in [0.2, 0.25) is 0 Å². The van der Waals surface area contributed by atoms with Crippen LogP contribution in [0.4, 0.5) is 0 Å². The first-order chi connectivity index (χ1) is 7.58. The van der Waals surface area contributed by atoms with Crippen LogP contribution in [0, 0.1) is 0 Å². The molecule has 0 radical (unpaired) electrons. The van der Waals surface area contributed by atoms with Crippen LogP contribution < -0.4 is 0 Å². The van der Waals surface area contributed by atoms with Crippen LogP contribution in [0.5, 0.6) is 0 Å². The molecule has 0 fully saturated rings. The molecule has 3 nitrogen and oxygen atoms in total. The van der Waals surface area contributed by atoms with E-state index in [1.165, 1.54) is 6.92 Å². The average molecular weight is 214 g/mol. The molecule has 0 saturated carbocycles. The van der Waals surface area contributed by atoms with Crippen molar-refractivity contribution in [2.24, 2.45) is 0 Å². The number of rotatable bonds is 2. The lowest BCUT2D eigenvalue weighted by Gasteiger charge is -2.05. The Hall–Kier alpha value is -1.77. The number of carbonyl (C=O) groups is 1. The summed E-state index contributed by atoms with van der Waals surface area (Å²) in [5.41, 5.74) is 3.25. The average Bonchev–Trinajstić information content (AvgIpc) is 2.27.